The molecule has 3 amide bonds. The number of halogens is 1. The Kier molecular flexibility index (Phi) is 7.23. The van der Waals surface area contributed by atoms with Gasteiger partial charge in [-0.15, -0.1) is 10.2 Å². The molecule has 1 saturated heterocycles. The van der Waals surface area contributed by atoms with Crippen molar-refractivity contribution >= 4 is 57.2 Å². The van der Waals surface area contributed by atoms with Crippen molar-refractivity contribution in [2.45, 2.75) is 39.0 Å². The Labute approximate surface area is 206 Å². The summed E-state index contributed by atoms with van der Waals surface area (Å²) in [5, 5.41) is 15.5. The molecule has 8 nitrogen and oxygen atoms in total. The van der Waals surface area contributed by atoms with Gasteiger partial charge in [-0.2, -0.15) is 0 Å². The first kappa shape index (κ1) is 23.8. The molecule has 0 radical (unpaired) electrons. The minimum absolute atomic E-state index is 0.00294. The molecule has 0 unspecified atom stereocenters. The Morgan fingerprint density at radius 3 is 2.62 bits per heavy atom. The standard InChI is InChI=1S/C24H24ClN5O3S/c1-3-4-20(31)26-17-8-6-15(7-9-17)22(33)27-24-29-28-23(34-24)16-11-21(32)30(13-16)18-10-5-14(2)19(25)12-18/h5-10,12,16H,3-4,11,13H2,1-2H3,(H,26,31)(H,27,29,33)/t16-/m0/s1. The number of anilines is 3. The van der Waals surface area contributed by atoms with Crippen molar-refractivity contribution in [1.29, 1.82) is 0 Å². The van der Waals surface area contributed by atoms with Gasteiger partial charge < -0.3 is 10.2 Å². The summed E-state index contributed by atoms with van der Waals surface area (Å²) in [6.45, 7) is 4.33. The molecule has 0 spiro atoms. The fourth-order valence-electron chi connectivity index (χ4n) is 3.65. The second kappa shape index (κ2) is 10.3. The van der Waals surface area contributed by atoms with Crippen LogP contribution in [0.1, 0.15) is 53.0 Å². The van der Waals surface area contributed by atoms with Gasteiger partial charge in [0.05, 0.1) is 0 Å². The number of carbonyl (C=O) groups excluding carboxylic acids is 3. The smallest absolute Gasteiger partial charge is 0.257 e. The van der Waals surface area contributed by atoms with Crippen LogP contribution in [0.5, 0.6) is 0 Å². The molecular formula is C24H24ClN5O3S. The zero-order valence-corrected chi connectivity index (χ0v) is 20.4. The van der Waals surface area contributed by atoms with Crippen LogP contribution < -0.4 is 15.5 Å². The van der Waals surface area contributed by atoms with E-state index in [-0.39, 0.29) is 23.6 Å². The number of nitrogens with one attached hydrogen (secondary N) is 2. The Morgan fingerprint density at radius 2 is 1.91 bits per heavy atom. The predicted octanol–water partition coefficient (Wildman–Crippen LogP) is 5.01. The summed E-state index contributed by atoms with van der Waals surface area (Å²) in [5.41, 5.74) is 2.78. The molecule has 176 valence electrons. The van der Waals surface area contributed by atoms with Gasteiger partial charge in [0.2, 0.25) is 16.9 Å². The van der Waals surface area contributed by atoms with E-state index in [0.717, 1.165) is 17.7 Å². The molecule has 2 N–H and O–H groups in total. The van der Waals surface area contributed by atoms with Crippen LogP contribution >= 0.6 is 22.9 Å². The maximum atomic E-state index is 12.6. The highest BCUT2D eigenvalue weighted by Gasteiger charge is 2.34. The summed E-state index contributed by atoms with van der Waals surface area (Å²) in [5.74, 6) is -0.498. The Bertz CT molecular complexity index is 1230. The van der Waals surface area contributed by atoms with E-state index in [9.17, 15) is 14.4 Å². The summed E-state index contributed by atoms with van der Waals surface area (Å²) in [4.78, 5) is 38.6. The van der Waals surface area contributed by atoms with E-state index in [1.807, 2.05) is 26.0 Å². The minimum Gasteiger partial charge on any atom is -0.326 e. The van der Waals surface area contributed by atoms with Crippen LogP contribution in [0.25, 0.3) is 0 Å². The van der Waals surface area contributed by atoms with Crippen LogP contribution in [0.2, 0.25) is 5.02 Å². The summed E-state index contributed by atoms with van der Waals surface area (Å²) >= 11 is 7.48. The summed E-state index contributed by atoms with van der Waals surface area (Å²) < 4.78 is 0. The number of aromatic nitrogens is 2. The highest BCUT2D eigenvalue weighted by molar-refractivity contribution is 7.15. The first-order chi connectivity index (χ1) is 16.3. The average Bonchev–Trinajstić information content (AvgIpc) is 3.43. The Morgan fingerprint density at radius 1 is 1.15 bits per heavy atom. The van der Waals surface area contributed by atoms with Crippen molar-refractivity contribution < 1.29 is 14.4 Å². The molecule has 1 atom stereocenters. The molecule has 0 saturated carbocycles. The van der Waals surface area contributed by atoms with Crippen LogP contribution in [-0.2, 0) is 9.59 Å². The van der Waals surface area contributed by atoms with Crippen LogP contribution in [0.4, 0.5) is 16.5 Å². The maximum Gasteiger partial charge on any atom is 0.257 e. The Balaban J connectivity index is 1.38. The number of nitrogens with zero attached hydrogens (tertiary/aromatic N) is 3. The third kappa shape index (κ3) is 5.43. The molecule has 3 aromatic rings. The molecule has 0 aliphatic carbocycles. The largest absolute Gasteiger partial charge is 0.326 e. The van der Waals surface area contributed by atoms with Crippen molar-refractivity contribution in [3.63, 3.8) is 0 Å². The van der Waals surface area contributed by atoms with Gasteiger partial charge in [0.15, 0.2) is 0 Å². The second-order valence-electron chi connectivity index (χ2n) is 8.11. The van der Waals surface area contributed by atoms with E-state index < -0.39 is 0 Å². The molecule has 4 rings (SSSR count). The number of amides is 3. The molecule has 0 bridgehead atoms. The normalized spacial score (nSPS) is 15.4. The van der Waals surface area contributed by atoms with Gasteiger partial charge in [-0.3, -0.25) is 19.7 Å². The van der Waals surface area contributed by atoms with Gasteiger partial charge in [0.1, 0.15) is 5.01 Å². The first-order valence-electron chi connectivity index (χ1n) is 10.9. The summed E-state index contributed by atoms with van der Waals surface area (Å²) in [6.07, 6.45) is 1.54. The number of benzene rings is 2. The lowest BCUT2D eigenvalue weighted by atomic mass is 10.1. The molecule has 2 aromatic carbocycles. The van der Waals surface area contributed by atoms with Gasteiger partial charge in [0.25, 0.3) is 5.91 Å². The van der Waals surface area contributed by atoms with Crippen LogP contribution in [0.3, 0.4) is 0 Å². The summed E-state index contributed by atoms with van der Waals surface area (Å²) in [6, 6.07) is 12.2. The van der Waals surface area contributed by atoms with Crippen molar-refractivity contribution in [3.8, 4) is 0 Å². The molecular weight excluding hydrogens is 474 g/mol. The topological polar surface area (TPSA) is 104 Å². The van der Waals surface area contributed by atoms with Gasteiger partial charge in [-0.1, -0.05) is 35.9 Å². The van der Waals surface area contributed by atoms with E-state index >= 15 is 0 Å². The zero-order chi connectivity index (χ0) is 24.2. The third-order valence-electron chi connectivity index (χ3n) is 5.51. The van der Waals surface area contributed by atoms with Crippen molar-refractivity contribution in [2.24, 2.45) is 0 Å². The first-order valence-corrected chi connectivity index (χ1v) is 12.1. The van der Waals surface area contributed by atoms with Crippen LogP contribution in [0, 0.1) is 6.92 Å². The molecule has 34 heavy (non-hydrogen) atoms. The SMILES string of the molecule is CCCC(=O)Nc1ccc(C(=O)Nc2nnc([C@H]3CC(=O)N(c4ccc(C)c(Cl)c4)C3)s2)cc1. The molecule has 10 heteroatoms. The highest BCUT2D eigenvalue weighted by Crippen LogP contribution is 2.35. The monoisotopic (exact) mass is 497 g/mol. The fraction of sp³-hybridized carbons (Fsp3) is 0.292. The van der Waals surface area contributed by atoms with Gasteiger partial charge in [0, 0.05) is 47.3 Å². The van der Waals surface area contributed by atoms with Gasteiger partial charge in [-0.05, 0) is 55.3 Å². The van der Waals surface area contributed by atoms with Crippen molar-refractivity contribution in [3.05, 3.63) is 63.6 Å². The Hall–Kier alpha value is -3.30. The average molecular weight is 498 g/mol. The quantitative estimate of drug-likeness (QED) is 0.477. The van der Waals surface area contributed by atoms with E-state index in [2.05, 4.69) is 20.8 Å². The second-order valence-corrected chi connectivity index (χ2v) is 9.53. The van der Waals surface area contributed by atoms with Crippen molar-refractivity contribution in [2.75, 3.05) is 22.1 Å². The number of hydrogen-bond donors (Lipinski definition) is 2. The van der Waals surface area contributed by atoms with E-state index in [0.29, 0.717) is 45.8 Å². The molecule has 1 aromatic heterocycles. The number of hydrogen-bond acceptors (Lipinski definition) is 6. The van der Waals surface area contributed by atoms with Crippen molar-refractivity contribution in [1.82, 2.24) is 10.2 Å². The lowest BCUT2D eigenvalue weighted by molar-refractivity contribution is -0.117. The van der Waals surface area contributed by atoms with Crippen LogP contribution in [-0.4, -0.2) is 34.5 Å². The van der Waals surface area contributed by atoms with Crippen LogP contribution in [0.15, 0.2) is 42.5 Å². The van der Waals surface area contributed by atoms with E-state index in [1.54, 1.807) is 35.2 Å². The zero-order valence-electron chi connectivity index (χ0n) is 18.8. The molecule has 1 aliphatic heterocycles. The number of aryl methyl sites for hydroxylation is 1. The molecule has 1 aliphatic rings. The van der Waals surface area contributed by atoms with Gasteiger partial charge in [-0.25, -0.2) is 0 Å². The number of carbonyl (C=O) groups is 3. The summed E-state index contributed by atoms with van der Waals surface area (Å²) in [7, 11) is 0. The maximum absolute atomic E-state index is 12.6. The minimum atomic E-state index is -0.326. The van der Waals surface area contributed by atoms with E-state index in [1.165, 1.54) is 11.3 Å². The number of rotatable bonds is 7. The third-order valence-corrected chi connectivity index (χ3v) is 6.92. The fourth-order valence-corrected chi connectivity index (χ4v) is 4.65. The lowest BCUT2D eigenvalue weighted by Crippen LogP contribution is -2.24. The predicted molar refractivity (Wildman–Crippen MR) is 134 cm³/mol. The van der Waals surface area contributed by atoms with E-state index in [4.69, 9.17) is 11.6 Å². The van der Waals surface area contributed by atoms with Gasteiger partial charge >= 0.3 is 0 Å². The lowest BCUT2D eigenvalue weighted by Gasteiger charge is -2.17. The highest BCUT2D eigenvalue weighted by atomic mass is 35.5. The molecule has 1 fully saturated rings. The molecule has 2 heterocycles.